The third-order valence-corrected chi connectivity index (χ3v) is 6.17. The van der Waals surface area contributed by atoms with Crippen LogP contribution in [0.1, 0.15) is 31.2 Å². The Kier molecular flexibility index (Phi) is 3.98. The highest BCUT2D eigenvalue weighted by Gasteiger charge is 2.38. The Balaban J connectivity index is 1.83. The molecule has 1 N–H and O–H groups in total. The van der Waals surface area contributed by atoms with Crippen LogP contribution in [0.5, 0.6) is 0 Å². The first-order valence-electron chi connectivity index (χ1n) is 6.53. The van der Waals surface area contributed by atoms with Crippen LogP contribution in [0.25, 0.3) is 0 Å². The Hall–Kier alpha value is -0.000000000000000111. The molecule has 2 aliphatic rings. The first-order valence-corrected chi connectivity index (χ1v) is 9.10. The minimum Gasteiger partial charge on any atom is -0.333 e. The van der Waals surface area contributed by atoms with E-state index >= 15 is 0 Å². The quantitative estimate of drug-likeness (QED) is 0.683. The molecular formula is C14H16Br2N2S. The number of aliphatic imine (C=N–C) groups is 1. The van der Waals surface area contributed by atoms with E-state index in [9.17, 15) is 0 Å². The van der Waals surface area contributed by atoms with Gasteiger partial charge >= 0.3 is 0 Å². The molecular weight excluding hydrogens is 388 g/mol. The molecule has 3 rings (SSSR count). The van der Waals surface area contributed by atoms with Crippen molar-refractivity contribution in [3.8, 4) is 0 Å². The highest BCUT2D eigenvalue weighted by atomic mass is 79.9. The number of benzene rings is 1. The van der Waals surface area contributed by atoms with E-state index in [0.717, 1.165) is 25.6 Å². The molecule has 5 heteroatoms. The summed E-state index contributed by atoms with van der Waals surface area (Å²) in [6, 6.07) is 4.25. The van der Waals surface area contributed by atoms with Gasteiger partial charge in [-0.3, -0.25) is 4.99 Å². The van der Waals surface area contributed by atoms with Crippen molar-refractivity contribution in [1.29, 1.82) is 0 Å². The van der Waals surface area contributed by atoms with E-state index in [1.165, 1.54) is 31.2 Å². The van der Waals surface area contributed by atoms with Crippen LogP contribution in [0.2, 0.25) is 0 Å². The van der Waals surface area contributed by atoms with Crippen LogP contribution in [-0.4, -0.2) is 16.5 Å². The average Bonchev–Trinajstić information content (AvgIpc) is 2.95. The zero-order chi connectivity index (χ0) is 13.5. The minimum atomic E-state index is 0.233. The highest BCUT2D eigenvalue weighted by molar-refractivity contribution is 9.11. The van der Waals surface area contributed by atoms with Gasteiger partial charge in [-0.2, -0.15) is 0 Å². The number of rotatable bonds is 1. The second-order valence-electron chi connectivity index (χ2n) is 5.37. The fourth-order valence-corrected chi connectivity index (χ4v) is 5.57. The molecule has 0 unspecified atom stereocenters. The average molecular weight is 404 g/mol. The van der Waals surface area contributed by atoms with E-state index in [1.807, 2.05) is 11.8 Å². The van der Waals surface area contributed by atoms with E-state index in [4.69, 9.17) is 4.99 Å². The number of halogens is 2. The van der Waals surface area contributed by atoms with E-state index in [-0.39, 0.29) is 5.54 Å². The monoisotopic (exact) mass is 402 g/mol. The molecule has 19 heavy (non-hydrogen) atoms. The standard InChI is InChI=1S/C14H16Br2N2S/c1-9-6-10(15)12(11(16)7-9)17-13-18-14(8-19-13)4-2-3-5-14/h6-7H,2-5,8H2,1H3,(H,17,18). The first kappa shape index (κ1) is 14.0. The van der Waals surface area contributed by atoms with Crippen LogP contribution in [0.4, 0.5) is 5.69 Å². The summed E-state index contributed by atoms with van der Waals surface area (Å²) in [7, 11) is 0. The third-order valence-electron chi connectivity index (χ3n) is 3.77. The third kappa shape index (κ3) is 2.88. The van der Waals surface area contributed by atoms with Gasteiger partial charge in [0, 0.05) is 14.7 Å². The summed E-state index contributed by atoms with van der Waals surface area (Å²) in [5.41, 5.74) is 2.54. The molecule has 0 aromatic heterocycles. The van der Waals surface area contributed by atoms with Gasteiger partial charge in [-0.25, -0.2) is 0 Å². The van der Waals surface area contributed by atoms with Crippen LogP contribution in [0, 0.1) is 6.92 Å². The zero-order valence-electron chi connectivity index (χ0n) is 10.8. The van der Waals surface area contributed by atoms with Gasteiger partial charge < -0.3 is 5.32 Å². The van der Waals surface area contributed by atoms with Crippen LogP contribution in [-0.2, 0) is 0 Å². The van der Waals surface area contributed by atoms with Gasteiger partial charge in [0.25, 0.3) is 0 Å². The molecule has 102 valence electrons. The molecule has 0 bridgehead atoms. The largest absolute Gasteiger partial charge is 0.333 e. The van der Waals surface area contributed by atoms with Gasteiger partial charge in [0.1, 0.15) is 0 Å². The van der Waals surface area contributed by atoms with Gasteiger partial charge in [0.2, 0.25) is 0 Å². The summed E-state index contributed by atoms with van der Waals surface area (Å²) in [5, 5.41) is 4.54. The Labute approximate surface area is 135 Å². The molecule has 0 amide bonds. The molecule has 1 saturated carbocycles. The number of hydrogen-bond donors (Lipinski definition) is 1. The summed E-state index contributed by atoms with van der Waals surface area (Å²) in [6.07, 6.45) is 5.16. The highest BCUT2D eigenvalue weighted by Crippen LogP contribution is 2.42. The molecule has 0 atom stereocenters. The minimum absolute atomic E-state index is 0.233. The second-order valence-corrected chi connectivity index (χ2v) is 8.04. The normalized spacial score (nSPS) is 20.9. The molecule has 1 spiro atoms. The van der Waals surface area contributed by atoms with Crippen LogP contribution in [0.15, 0.2) is 26.1 Å². The molecule has 2 nitrogen and oxygen atoms in total. The van der Waals surface area contributed by atoms with Gasteiger partial charge in [-0.1, -0.05) is 24.6 Å². The smallest absolute Gasteiger partial charge is 0.161 e. The molecule has 1 heterocycles. The van der Waals surface area contributed by atoms with Crippen molar-refractivity contribution in [2.24, 2.45) is 4.99 Å². The van der Waals surface area contributed by atoms with E-state index in [2.05, 4.69) is 56.2 Å². The lowest BCUT2D eigenvalue weighted by atomic mass is 10.0. The molecule has 1 aliphatic heterocycles. The van der Waals surface area contributed by atoms with Crippen LogP contribution < -0.4 is 5.32 Å². The van der Waals surface area contributed by atoms with E-state index in [1.54, 1.807) is 0 Å². The van der Waals surface area contributed by atoms with E-state index in [0.29, 0.717) is 0 Å². The fourth-order valence-electron chi connectivity index (χ4n) is 2.76. The molecule has 1 aromatic rings. The maximum atomic E-state index is 4.95. The van der Waals surface area contributed by atoms with Crippen LogP contribution in [0.3, 0.4) is 0 Å². The topological polar surface area (TPSA) is 24.4 Å². The molecule has 1 aromatic carbocycles. The Morgan fingerprint density at radius 3 is 2.47 bits per heavy atom. The lowest BCUT2D eigenvalue weighted by molar-refractivity contribution is 0.508. The lowest BCUT2D eigenvalue weighted by Crippen LogP contribution is -2.21. The number of thioether (sulfide) groups is 1. The number of anilines is 1. The summed E-state index contributed by atoms with van der Waals surface area (Å²) in [6.45, 7) is 2.09. The van der Waals surface area contributed by atoms with Crippen molar-refractivity contribution in [3.63, 3.8) is 0 Å². The zero-order valence-corrected chi connectivity index (χ0v) is 14.8. The molecule has 1 aliphatic carbocycles. The van der Waals surface area contributed by atoms with Crippen molar-refractivity contribution in [2.45, 2.75) is 38.1 Å². The van der Waals surface area contributed by atoms with Crippen molar-refractivity contribution >= 4 is 54.5 Å². The van der Waals surface area contributed by atoms with Gasteiger partial charge in [0.15, 0.2) is 5.17 Å². The van der Waals surface area contributed by atoms with Gasteiger partial charge in [-0.05, 0) is 69.3 Å². The predicted octanol–water partition coefficient (Wildman–Crippen LogP) is 5.35. The number of aryl methyl sites for hydroxylation is 1. The lowest BCUT2D eigenvalue weighted by Gasteiger charge is -2.16. The SMILES string of the molecule is Cc1cc(Br)c(NC2=NC3(CCCC3)CS2)c(Br)c1. The maximum Gasteiger partial charge on any atom is 0.161 e. The predicted molar refractivity (Wildman–Crippen MR) is 91.3 cm³/mol. The van der Waals surface area contributed by atoms with Crippen molar-refractivity contribution in [1.82, 2.24) is 0 Å². The van der Waals surface area contributed by atoms with Gasteiger partial charge in [0.05, 0.1) is 11.2 Å². The first-order chi connectivity index (χ1) is 9.08. The fraction of sp³-hybridized carbons (Fsp3) is 0.500. The van der Waals surface area contributed by atoms with Crippen molar-refractivity contribution in [2.75, 3.05) is 11.1 Å². The Morgan fingerprint density at radius 1 is 1.21 bits per heavy atom. The molecule has 0 saturated heterocycles. The molecule has 0 radical (unpaired) electrons. The Bertz CT molecular complexity index is 513. The maximum absolute atomic E-state index is 4.95. The molecule has 1 fully saturated rings. The number of amidine groups is 1. The van der Waals surface area contributed by atoms with Gasteiger partial charge in [-0.15, -0.1) is 0 Å². The number of nitrogens with zero attached hydrogens (tertiary/aromatic N) is 1. The van der Waals surface area contributed by atoms with Crippen molar-refractivity contribution < 1.29 is 0 Å². The summed E-state index contributed by atoms with van der Waals surface area (Å²) < 4.78 is 2.16. The second kappa shape index (κ2) is 5.41. The summed E-state index contributed by atoms with van der Waals surface area (Å²) >= 11 is 9.10. The summed E-state index contributed by atoms with van der Waals surface area (Å²) in [5.74, 6) is 1.14. The van der Waals surface area contributed by atoms with Crippen LogP contribution >= 0.6 is 43.6 Å². The Morgan fingerprint density at radius 2 is 1.84 bits per heavy atom. The van der Waals surface area contributed by atoms with Crippen molar-refractivity contribution in [3.05, 3.63) is 26.6 Å². The number of hydrogen-bond acceptors (Lipinski definition) is 3. The van der Waals surface area contributed by atoms with E-state index < -0.39 is 0 Å². The summed E-state index contributed by atoms with van der Waals surface area (Å²) in [4.78, 5) is 4.95. The number of nitrogens with one attached hydrogen (secondary N) is 1.